The summed E-state index contributed by atoms with van der Waals surface area (Å²) in [6.07, 6.45) is 3.56. The van der Waals surface area contributed by atoms with Crippen molar-refractivity contribution in [3.8, 4) is 17.2 Å². The van der Waals surface area contributed by atoms with Gasteiger partial charge in [-0.15, -0.1) is 0 Å². The summed E-state index contributed by atoms with van der Waals surface area (Å²) in [7, 11) is 3.29. The summed E-state index contributed by atoms with van der Waals surface area (Å²) in [4.78, 5) is 15.0. The van der Waals surface area contributed by atoms with Crippen LogP contribution in [0.4, 0.5) is 5.69 Å². The van der Waals surface area contributed by atoms with E-state index in [1.165, 1.54) is 4.68 Å². The second kappa shape index (κ2) is 8.17. The van der Waals surface area contributed by atoms with Gasteiger partial charge >= 0.3 is 0 Å². The Labute approximate surface area is 174 Å². The maximum absolute atomic E-state index is 12.9. The highest BCUT2D eigenvalue weighted by Crippen LogP contribution is 2.42. The summed E-state index contributed by atoms with van der Waals surface area (Å²) in [5, 5.41) is 4.54. The molecule has 1 saturated heterocycles. The summed E-state index contributed by atoms with van der Waals surface area (Å²) >= 11 is 6.54. The van der Waals surface area contributed by atoms with Gasteiger partial charge in [-0.05, 0) is 43.2 Å². The lowest BCUT2D eigenvalue weighted by Crippen LogP contribution is -2.28. The van der Waals surface area contributed by atoms with Gasteiger partial charge in [0.05, 0.1) is 37.8 Å². The Bertz CT molecular complexity index is 1070. The molecule has 2 aromatic carbocycles. The van der Waals surface area contributed by atoms with Crippen molar-refractivity contribution < 1.29 is 9.47 Å². The van der Waals surface area contributed by atoms with Crippen molar-refractivity contribution in [3.05, 3.63) is 75.7 Å². The van der Waals surface area contributed by atoms with Gasteiger partial charge in [-0.1, -0.05) is 29.8 Å². The molecule has 0 unspecified atom stereocenters. The third-order valence-corrected chi connectivity index (χ3v) is 5.61. The van der Waals surface area contributed by atoms with Gasteiger partial charge in [0.25, 0.3) is 5.56 Å². The van der Waals surface area contributed by atoms with Crippen molar-refractivity contribution in [3.63, 3.8) is 0 Å². The molecule has 2 heterocycles. The highest BCUT2D eigenvalue weighted by molar-refractivity contribution is 6.33. The van der Waals surface area contributed by atoms with E-state index in [0.29, 0.717) is 11.4 Å². The average Bonchev–Trinajstić information content (AvgIpc) is 3.25. The van der Waals surface area contributed by atoms with Crippen molar-refractivity contribution in [1.29, 1.82) is 0 Å². The van der Waals surface area contributed by atoms with Gasteiger partial charge in [0.2, 0.25) is 0 Å². The van der Waals surface area contributed by atoms with Gasteiger partial charge in [-0.25, -0.2) is 0 Å². The van der Waals surface area contributed by atoms with Crippen LogP contribution >= 0.6 is 11.6 Å². The number of anilines is 1. The molecule has 1 aliphatic heterocycles. The number of halogens is 1. The molecule has 1 aliphatic rings. The predicted octanol–water partition coefficient (Wildman–Crippen LogP) is 4.24. The zero-order valence-corrected chi connectivity index (χ0v) is 17.1. The largest absolute Gasteiger partial charge is 0.497 e. The number of hydrogen-bond acceptors (Lipinski definition) is 5. The Morgan fingerprint density at radius 1 is 1.10 bits per heavy atom. The predicted molar refractivity (Wildman–Crippen MR) is 114 cm³/mol. The molecule has 3 aromatic rings. The van der Waals surface area contributed by atoms with Crippen molar-refractivity contribution in [2.45, 2.75) is 18.9 Å². The van der Waals surface area contributed by atoms with Crippen LogP contribution in [0.2, 0.25) is 5.02 Å². The van der Waals surface area contributed by atoms with Gasteiger partial charge in [-0.2, -0.15) is 9.78 Å². The van der Waals surface area contributed by atoms with E-state index in [-0.39, 0.29) is 16.6 Å². The van der Waals surface area contributed by atoms with Gasteiger partial charge in [0.15, 0.2) is 0 Å². The number of rotatable bonds is 5. The van der Waals surface area contributed by atoms with Crippen LogP contribution < -0.4 is 19.9 Å². The van der Waals surface area contributed by atoms with Crippen LogP contribution in [0.15, 0.2) is 59.5 Å². The zero-order chi connectivity index (χ0) is 20.4. The number of ether oxygens (including phenoxy) is 2. The van der Waals surface area contributed by atoms with E-state index in [9.17, 15) is 4.79 Å². The second-order valence-corrected chi connectivity index (χ2v) is 7.23. The Hall–Kier alpha value is -2.99. The first-order valence-electron chi connectivity index (χ1n) is 9.46. The number of para-hydroxylation sites is 1. The Morgan fingerprint density at radius 3 is 2.62 bits per heavy atom. The van der Waals surface area contributed by atoms with Crippen LogP contribution in [0.25, 0.3) is 5.69 Å². The molecule has 150 valence electrons. The monoisotopic (exact) mass is 411 g/mol. The van der Waals surface area contributed by atoms with E-state index in [1.807, 2.05) is 48.5 Å². The Balaban J connectivity index is 1.75. The van der Waals surface area contributed by atoms with Crippen LogP contribution in [-0.4, -0.2) is 30.5 Å². The van der Waals surface area contributed by atoms with E-state index < -0.39 is 0 Å². The number of benzene rings is 2. The summed E-state index contributed by atoms with van der Waals surface area (Å²) in [6, 6.07) is 15.0. The third kappa shape index (κ3) is 3.56. The third-order valence-electron chi connectivity index (χ3n) is 5.26. The van der Waals surface area contributed by atoms with Crippen molar-refractivity contribution in [2.24, 2.45) is 0 Å². The molecular formula is C22H22ClN3O3. The van der Waals surface area contributed by atoms with Crippen LogP contribution in [0.5, 0.6) is 11.5 Å². The fraction of sp³-hybridized carbons (Fsp3) is 0.273. The fourth-order valence-corrected chi connectivity index (χ4v) is 4.09. The molecular weight excluding hydrogens is 390 g/mol. The smallest absolute Gasteiger partial charge is 0.292 e. The topological polar surface area (TPSA) is 56.6 Å². The first-order valence-corrected chi connectivity index (χ1v) is 9.83. The minimum atomic E-state index is -0.335. The molecule has 1 aromatic heterocycles. The van der Waals surface area contributed by atoms with Crippen molar-refractivity contribution >= 4 is 17.3 Å². The van der Waals surface area contributed by atoms with E-state index in [0.717, 1.165) is 36.4 Å². The minimum Gasteiger partial charge on any atom is -0.497 e. The highest BCUT2D eigenvalue weighted by Gasteiger charge is 2.31. The van der Waals surface area contributed by atoms with Crippen molar-refractivity contribution in [2.75, 3.05) is 25.7 Å². The molecule has 0 radical (unpaired) electrons. The quantitative estimate of drug-likeness (QED) is 0.628. The number of hydrogen-bond donors (Lipinski definition) is 0. The normalized spacial score (nSPS) is 16.1. The Kier molecular flexibility index (Phi) is 5.45. The van der Waals surface area contributed by atoms with Crippen LogP contribution in [0.1, 0.15) is 24.4 Å². The maximum atomic E-state index is 12.9. The first-order chi connectivity index (χ1) is 14.1. The molecule has 6 nitrogen and oxygen atoms in total. The summed E-state index contributed by atoms with van der Waals surface area (Å²) in [5.74, 6) is 1.54. The molecule has 29 heavy (non-hydrogen) atoms. The first kappa shape index (κ1) is 19.3. The van der Waals surface area contributed by atoms with Crippen LogP contribution in [-0.2, 0) is 0 Å². The number of nitrogens with zero attached hydrogens (tertiary/aromatic N) is 3. The van der Waals surface area contributed by atoms with Gasteiger partial charge in [-0.3, -0.25) is 4.79 Å². The molecule has 0 amide bonds. The fourth-order valence-electron chi connectivity index (χ4n) is 3.86. The van der Waals surface area contributed by atoms with Gasteiger partial charge in [0.1, 0.15) is 16.5 Å². The van der Waals surface area contributed by atoms with E-state index in [1.54, 1.807) is 20.4 Å². The molecule has 7 heteroatoms. The van der Waals surface area contributed by atoms with Gasteiger partial charge in [0, 0.05) is 12.1 Å². The molecule has 1 atom stereocenters. The Morgan fingerprint density at radius 2 is 1.90 bits per heavy atom. The average molecular weight is 412 g/mol. The lowest BCUT2D eigenvalue weighted by atomic mass is 10.0. The standard InChI is InChI=1S/C22H22ClN3O3/c1-28-16-10-11-20(29-2)17(13-16)18-9-6-12-25(18)19-14-24-26(22(27)21(19)23)15-7-4-3-5-8-15/h3-5,7-8,10-11,13-14,18H,6,9,12H2,1-2H3/t18-/m0/s1. The van der Waals surface area contributed by atoms with E-state index in [2.05, 4.69) is 10.00 Å². The zero-order valence-electron chi connectivity index (χ0n) is 16.3. The molecule has 0 N–H and O–H groups in total. The van der Waals surface area contributed by atoms with Crippen LogP contribution in [0, 0.1) is 0 Å². The van der Waals surface area contributed by atoms with E-state index in [4.69, 9.17) is 21.1 Å². The van der Waals surface area contributed by atoms with Crippen molar-refractivity contribution in [1.82, 2.24) is 9.78 Å². The minimum absolute atomic E-state index is 0.0197. The number of methoxy groups -OCH3 is 2. The summed E-state index contributed by atoms with van der Waals surface area (Å²) in [6.45, 7) is 0.779. The molecule has 4 rings (SSSR count). The highest BCUT2D eigenvalue weighted by atomic mass is 35.5. The van der Waals surface area contributed by atoms with Gasteiger partial charge < -0.3 is 14.4 Å². The summed E-state index contributed by atoms with van der Waals surface area (Å²) in [5.41, 5.74) is 1.99. The SMILES string of the molecule is COc1ccc(OC)c([C@@H]2CCCN2c2cnn(-c3ccccc3)c(=O)c2Cl)c1. The van der Waals surface area contributed by atoms with E-state index >= 15 is 0 Å². The lowest BCUT2D eigenvalue weighted by molar-refractivity contribution is 0.395. The maximum Gasteiger partial charge on any atom is 0.292 e. The second-order valence-electron chi connectivity index (χ2n) is 6.86. The molecule has 0 spiro atoms. The molecule has 0 aliphatic carbocycles. The molecule has 0 bridgehead atoms. The lowest BCUT2D eigenvalue weighted by Gasteiger charge is -2.29. The van der Waals surface area contributed by atoms with Crippen LogP contribution in [0.3, 0.4) is 0 Å². The molecule has 0 saturated carbocycles. The number of aromatic nitrogens is 2. The summed E-state index contributed by atoms with van der Waals surface area (Å²) < 4.78 is 12.3. The molecule has 1 fully saturated rings.